The number of carbonyl (C=O) groups excluding carboxylic acids is 1. The van der Waals surface area contributed by atoms with Crippen LogP contribution in [0.25, 0.3) is 4.91 Å². The van der Waals surface area contributed by atoms with Crippen LogP contribution in [0.4, 0.5) is 0 Å². The average Bonchev–Trinajstić information content (AvgIpc) is 3.12. The van der Waals surface area contributed by atoms with Crippen molar-refractivity contribution in [2.45, 2.75) is 5.75 Å². The first-order valence-electron chi connectivity index (χ1n) is 8.64. The number of thioether (sulfide) groups is 1. The zero-order valence-corrected chi connectivity index (χ0v) is 15.4. The number of cyclic esters (lactones) is 1. The highest BCUT2D eigenvalue weighted by Crippen LogP contribution is 2.36. The molecule has 0 aromatic heterocycles. The van der Waals surface area contributed by atoms with Gasteiger partial charge in [-0.25, -0.2) is 9.79 Å². The molecule has 0 atom stereocenters. The molecule has 3 aromatic carbocycles. The first-order chi connectivity index (χ1) is 13.3. The zero-order chi connectivity index (χ0) is 18.5. The maximum absolute atomic E-state index is 12.6. The Bertz CT molecular complexity index is 996. The van der Waals surface area contributed by atoms with E-state index >= 15 is 0 Å². The molecule has 132 valence electrons. The van der Waals surface area contributed by atoms with Crippen LogP contribution in [0.5, 0.6) is 0 Å². The normalized spacial score (nSPS) is 15.3. The topological polar surface area (TPSA) is 38.7 Å². The van der Waals surface area contributed by atoms with Crippen LogP contribution in [0, 0.1) is 0 Å². The number of carbonyl (C=O) groups is 1. The van der Waals surface area contributed by atoms with Crippen molar-refractivity contribution in [3.8, 4) is 0 Å². The van der Waals surface area contributed by atoms with Gasteiger partial charge in [-0.05, 0) is 23.3 Å². The summed E-state index contributed by atoms with van der Waals surface area (Å²) < 4.78 is 5.45. The summed E-state index contributed by atoms with van der Waals surface area (Å²) >= 11 is 1.60. The van der Waals surface area contributed by atoms with Gasteiger partial charge in [-0.2, -0.15) is 0 Å². The number of esters is 1. The molecular weight excluding hydrogens is 354 g/mol. The van der Waals surface area contributed by atoms with Crippen molar-refractivity contribution in [2.24, 2.45) is 4.99 Å². The second kappa shape index (κ2) is 8.06. The smallest absolute Gasteiger partial charge is 0.365 e. The summed E-state index contributed by atoms with van der Waals surface area (Å²) in [6.07, 6.45) is 0. The van der Waals surface area contributed by atoms with Crippen LogP contribution in [0.1, 0.15) is 16.7 Å². The molecule has 0 amide bonds. The molecule has 0 radical (unpaired) electrons. The van der Waals surface area contributed by atoms with Crippen LogP contribution in [-0.2, 0) is 15.3 Å². The Kier molecular flexibility index (Phi) is 5.17. The second-order valence-electron chi connectivity index (χ2n) is 5.99. The van der Waals surface area contributed by atoms with E-state index in [2.05, 4.69) is 17.1 Å². The van der Waals surface area contributed by atoms with Gasteiger partial charge < -0.3 is 4.74 Å². The summed E-state index contributed by atoms with van der Waals surface area (Å²) in [4.78, 5) is 17.9. The van der Waals surface area contributed by atoms with E-state index in [1.165, 1.54) is 5.56 Å². The third-order valence-corrected chi connectivity index (χ3v) is 5.29. The Labute approximate surface area is 162 Å². The van der Waals surface area contributed by atoms with Crippen molar-refractivity contribution in [1.82, 2.24) is 0 Å². The van der Waals surface area contributed by atoms with Gasteiger partial charge in [-0.3, -0.25) is 0 Å². The van der Waals surface area contributed by atoms with Gasteiger partial charge in [0.1, 0.15) is 0 Å². The van der Waals surface area contributed by atoms with Crippen molar-refractivity contribution >= 4 is 28.5 Å². The molecule has 0 spiro atoms. The molecule has 1 aliphatic heterocycles. The van der Waals surface area contributed by atoms with E-state index in [1.807, 2.05) is 78.9 Å². The summed E-state index contributed by atoms with van der Waals surface area (Å²) in [6, 6.07) is 29.5. The fourth-order valence-corrected chi connectivity index (χ4v) is 3.83. The van der Waals surface area contributed by atoms with Crippen molar-refractivity contribution in [3.05, 3.63) is 113 Å². The van der Waals surface area contributed by atoms with Gasteiger partial charge in [0.15, 0.2) is 5.70 Å². The maximum atomic E-state index is 12.6. The maximum Gasteiger partial charge on any atom is 0.365 e. The largest absolute Gasteiger partial charge is 0.402 e. The van der Waals surface area contributed by atoms with Gasteiger partial charge in [0.25, 0.3) is 0 Å². The fraction of sp³-hybridized carbons (Fsp3) is 0.0435. The zero-order valence-electron chi connectivity index (χ0n) is 14.5. The van der Waals surface area contributed by atoms with E-state index in [-0.39, 0.29) is 0 Å². The number of hydrogen-bond acceptors (Lipinski definition) is 4. The lowest BCUT2D eigenvalue weighted by Crippen LogP contribution is -2.05. The summed E-state index contributed by atoms with van der Waals surface area (Å²) in [7, 11) is 0. The van der Waals surface area contributed by atoms with Crippen LogP contribution in [0.15, 0.2) is 102 Å². The summed E-state index contributed by atoms with van der Waals surface area (Å²) in [5.74, 6) is 0.690. The number of benzene rings is 3. The Hall–Kier alpha value is -3.11. The van der Waals surface area contributed by atoms with Gasteiger partial charge in [-0.1, -0.05) is 78.9 Å². The highest BCUT2D eigenvalue weighted by molar-refractivity contribution is 8.07. The first-order valence-corrected chi connectivity index (χ1v) is 9.62. The predicted octanol–water partition coefficient (Wildman–Crippen LogP) is 5.29. The van der Waals surface area contributed by atoms with Crippen LogP contribution in [-0.4, -0.2) is 11.9 Å². The quantitative estimate of drug-likeness (QED) is 0.452. The molecular formula is C23H17NO2S. The monoisotopic (exact) mass is 371 g/mol. The minimum Gasteiger partial charge on any atom is -0.402 e. The molecule has 0 unspecified atom stereocenters. The number of ether oxygens (including phenoxy) is 1. The Balaban J connectivity index is 1.72. The summed E-state index contributed by atoms with van der Waals surface area (Å²) in [5.41, 5.74) is 3.31. The molecule has 0 aliphatic carbocycles. The Morgan fingerprint density at radius 1 is 0.815 bits per heavy atom. The number of hydrogen-bond donors (Lipinski definition) is 0. The molecule has 1 aliphatic rings. The molecule has 3 nitrogen and oxygen atoms in total. The molecule has 4 heteroatoms. The number of rotatable bonds is 5. The summed E-state index contributed by atoms with van der Waals surface area (Å²) in [5, 5.41) is 0. The third kappa shape index (κ3) is 4.01. The van der Waals surface area contributed by atoms with Crippen molar-refractivity contribution in [1.29, 1.82) is 0 Å². The summed E-state index contributed by atoms with van der Waals surface area (Å²) in [6.45, 7) is 0. The van der Waals surface area contributed by atoms with Crippen LogP contribution in [0.2, 0.25) is 0 Å². The van der Waals surface area contributed by atoms with Gasteiger partial charge >= 0.3 is 5.97 Å². The van der Waals surface area contributed by atoms with E-state index in [9.17, 15) is 4.79 Å². The number of nitrogens with zero attached hydrogens (tertiary/aromatic N) is 1. The molecule has 0 saturated heterocycles. The van der Waals surface area contributed by atoms with Crippen molar-refractivity contribution in [3.63, 3.8) is 0 Å². The lowest BCUT2D eigenvalue weighted by atomic mass is 10.2. The van der Waals surface area contributed by atoms with Crippen LogP contribution in [0.3, 0.4) is 0 Å². The molecule has 3 aromatic rings. The van der Waals surface area contributed by atoms with Gasteiger partial charge in [0.05, 0.1) is 0 Å². The van der Waals surface area contributed by atoms with E-state index in [0.717, 1.165) is 21.8 Å². The van der Waals surface area contributed by atoms with E-state index in [4.69, 9.17) is 4.74 Å². The molecule has 1 heterocycles. The van der Waals surface area contributed by atoms with Gasteiger partial charge in [-0.15, -0.1) is 11.8 Å². The fourth-order valence-electron chi connectivity index (χ4n) is 2.76. The van der Waals surface area contributed by atoms with Crippen molar-refractivity contribution in [2.75, 3.05) is 0 Å². The standard InChI is InChI=1S/C23H17NO2S/c25-23-20(24-22(26-23)19-14-8-3-9-15-19)21(18-12-6-2-7-13-18)27-16-17-10-4-1-5-11-17/h1-15H,16H2. The highest BCUT2D eigenvalue weighted by Gasteiger charge is 2.28. The average molecular weight is 371 g/mol. The molecule has 0 bridgehead atoms. The molecule has 0 fully saturated rings. The lowest BCUT2D eigenvalue weighted by Gasteiger charge is -2.08. The van der Waals surface area contributed by atoms with Crippen LogP contribution >= 0.6 is 11.8 Å². The third-order valence-electron chi connectivity index (χ3n) is 4.09. The van der Waals surface area contributed by atoms with E-state index in [1.54, 1.807) is 11.8 Å². The molecule has 4 rings (SSSR count). The van der Waals surface area contributed by atoms with Crippen molar-refractivity contribution < 1.29 is 9.53 Å². The van der Waals surface area contributed by atoms with Crippen LogP contribution < -0.4 is 0 Å². The van der Waals surface area contributed by atoms with E-state index in [0.29, 0.717) is 11.6 Å². The Morgan fingerprint density at radius 3 is 2.07 bits per heavy atom. The molecule has 0 saturated carbocycles. The first kappa shape index (κ1) is 17.3. The minimum atomic E-state index is -0.409. The van der Waals surface area contributed by atoms with Gasteiger partial charge in [0.2, 0.25) is 5.90 Å². The predicted molar refractivity (Wildman–Crippen MR) is 110 cm³/mol. The molecule has 0 N–H and O–H groups in total. The lowest BCUT2D eigenvalue weighted by molar-refractivity contribution is -0.129. The van der Waals surface area contributed by atoms with E-state index < -0.39 is 5.97 Å². The molecule has 27 heavy (non-hydrogen) atoms. The SMILES string of the molecule is O=C1OC(c2ccccc2)=NC1=C(SCc1ccccc1)c1ccccc1. The highest BCUT2D eigenvalue weighted by atomic mass is 32.2. The second-order valence-corrected chi connectivity index (χ2v) is 6.98. The van der Waals surface area contributed by atoms with Gasteiger partial charge in [0, 0.05) is 16.2 Å². The minimum absolute atomic E-state index is 0.351. The number of aliphatic imine (C=N–C) groups is 1. The Morgan fingerprint density at radius 2 is 1.41 bits per heavy atom.